The molecule has 0 radical (unpaired) electrons. The van der Waals surface area contributed by atoms with Crippen LogP contribution in [0.1, 0.15) is 41.1 Å². The zero-order valence-electron chi connectivity index (χ0n) is 15.0. The molecule has 0 saturated carbocycles. The third-order valence-corrected chi connectivity index (χ3v) is 5.58. The Morgan fingerprint density at radius 3 is 2.96 bits per heavy atom. The molecule has 1 aromatic carbocycles. The van der Waals surface area contributed by atoms with Gasteiger partial charge in [-0.05, 0) is 50.5 Å². The standard InChI is InChI=1S/C20H19N3O3S/c1-11(2)26-20(24)19-18(15-7-8-21-10-17(15)27-19)22-13-4-5-14-12(9-13)3-6-16(14)23-25/h4-5,7-11,22,25H,3,6H2,1-2H3/b23-16-. The second-order valence-corrected chi connectivity index (χ2v) is 7.73. The molecule has 0 saturated heterocycles. The van der Waals surface area contributed by atoms with Gasteiger partial charge in [0.2, 0.25) is 0 Å². The SMILES string of the molecule is CC(C)OC(=O)c1sc2cnccc2c1Nc1ccc2c(c1)CC/C2=N/O. The number of aryl methyl sites for hydroxylation is 1. The third kappa shape index (κ3) is 3.26. The molecule has 0 bridgehead atoms. The lowest BCUT2D eigenvalue weighted by Gasteiger charge is -2.11. The maximum Gasteiger partial charge on any atom is 0.350 e. The molecule has 0 amide bonds. The number of carbonyl (C=O) groups is 1. The molecular weight excluding hydrogens is 362 g/mol. The summed E-state index contributed by atoms with van der Waals surface area (Å²) in [5.74, 6) is -0.343. The second kappa shape index (κ2) is 7.00. The quantitative estimate of drug-likeness (QED) is 0.388. The first kappa shape index (κ1) is 17.5. The van der Waals surface area contributed by atoms with Crippen LogP contribution in [-0.4, -0.2) is 28.0 Å². The van der Waals surface area contributed by atoms with Crippen molar-refractivity contribution in [2.45, 2.75) is 32.8 Å². The highest BCUT2D eigenvalue weighted by Gasteiger charge is 2.22. The van der Waals surface area contributed by atoms with Crippen molar-refractivity contribution in [3.05, 3.63) is 52.7 Å². The van der Waals surface area contributed by atoms with Crippen molar-refractivity contribution >= 4 is 44.5 Å². The van der Waals surface area contributed by atoms with E-state index in [2.05, 4.69) is 15.5 Å². The molecule has 2 aromatic heterocycles. The number of hydrogen-bond acceptors (Lipinski definition) is 7. The fourth-order valence-electron chi connectivity index (χ4n) is 3.28. The van der Waals surface area contributed by atoms with Crippen molar-refractivity contribution < 1.29 is 14.7 Å². The van der Waals surface area contributed by atoms with Crippen molar-refractivity contribution in [1.29, 1.82) is 0 Å². The largest absolute Gasteiger partial charge is 0.459 e. The molecule has 1 aliphatic rings. The lowest BCUT2D eigenvalue weighted by atomic mass is 10.1. The summed E-state index contributed by atoms with van der Waals surface area (Å²) in [6.45, 7) is 3.67. The Balaban J connectivity index is 1.74. The van der Waals surface area contributed by atoms with Crippen molar-refractivity contribution in [2.75, 3.05) is 5.32 Å². The van der Waals surface area contributed by atoms with E-state index >= 15 is 0 Å². The molecule has 7 heteroatoms. The van der Waals surface area contributed by atoms with Crippen LogP contribution >= 0.6 is 11.3 Å². The molecule has 0 atom stereocenters. The number of benzene rings is 1. The number of fused-ring (bicyclic) bond motifs is 2. The fraction of sp³-hybridized carbons (Fsp3) is 0.250. The van der Waals surface area contributed by atoms with E-state index in [0.717, 1.165) is 45.4 Å². The van der Waals surface area contributed by atoms with Crippen LogP contribution in [0.3, 0.4) is 0 Å². The van der Waals surface area contributed by atoms with Crippen molar-refractivity contribution in [1.82, 2.24) is 4.98 Å². The van der Waals surface area contributed by atoms with Gasteiger partial charge in [0, 0.05) is 29.0 Å². The number of anilines is 2. The summed E-state index contributed by atoms with van der Waals surface area (Å²) in [6.07, 6.45) is 4.84. The average Bonchev–Trinajstić information content (AvgIpc) is 3.22. The Morgan fingerprint density at radius 2 is 2.19 bits per heavy atom. The monoisotopic (exact) mass is 381 g/mol. The van der Waals surface area contributed by atoms with Gasteiger partial charge in [0.05, 0.1) is 22.2 Å². The number of hydrogen-bond donors (Lipinski definition) is 2. The highest BCUT2D eigenvalue weighted by molar-refractivity contribution is 7.21. The smallest absolute Gasteiger partial charge is 0.350 e. The Morgan fingerprint density at radius 1 is 1.33 bits per heavy atom. The zero-order valence-corrected chi connectivity index (χ0v) is 15.8. The van der Waals surface area contributed by atoms with Crippen LogP contribution in [0.2, 0.25) is 0 Å². The fourth-order valence-corrected chi connectivity index (χ4v) is 4.29. The Labute approximate surface area is 160 Å². The molecule has 1 aliphatic carbocycles. The van der Waals surface area contributed by atoms with Gasteiger partial charge >= 0.3 is 5.97 Å². The van der Waals surface area contributed by atoms with E-state index in [-0.39, 0.29) is 12.1 Å². The van der Waals surface area contributed by atoms with E-state index in [1.807, 2.05) is 38.1 Å². The minimum Gasteiger partial charge on any atom is -0.459 e. The van der Waals surface area contributed by atoms with Gasteiger partial charge in [-0.15, -0.1) is 11.3 Å². The van der Waals surface area contributed by atoms with E-state index in [1.54, 1.807) is 12.4 Å². The van der Waals surface area contributed by atoms with Crippen LogP contribution in [-0.2, 0) is 11.2 Å². The highest BCUT2D eigenvalue weighted by Crippen LogP contribution is 2.38. The third-order valence-electron chi connectivity index (χ3n) is 4.46. The molecule has 2 N–H and O–H groups in total. The number of rotatable bonds is 4. The molecule has 4 rings (SSSR count). The first-order valence-corrected chi connectivity index (χ1v) is 9.57. The van der Waals surface area contributed by atoms with Gasteiger partial charge in [0.25, 0.3) is 0 Å². The van der Waals surface area contributed by atoms with Gasteiger partial charge < -0.3 is 15.3 Å². The normalized spacial score (nSPS) is 14.7. The Hall–Kier alpha value is -2.93. The first-order chi connectivity index (χ1) is 13.1. The average molecular weight is 381 g/mol. The van der Waals surface area contributed by atoms with Gasteiger partial charge in [-0.3, -0.25) is 4.98 Å². The van der Waals surface area contributed by atoms with E-state index in [4.69, 9.17) is 9.94 Å². The molecule has 0 aliphatic heterocycles. The van der Waals surface area contributed by atoms with Gasteiger partial charge in [-0.1, -0.05) is 11.2 Å². The van der Waals surface area contributed by atoms with E-state index in [9.17, 15) is 4.79 Å². The van der Waals surface area contributed by atoms with Gasteiger partial charge in [-0.2, -0.15) is 0 Å². The van der Waals surface area contributed by atoms with Crippen LogP contribution in [0.4, 0.5) is 11.4 Å². The second-order valence-electron chi connectivity index (χ2n) is 6.68. The molecule has 2 heterocycles. The Kier molecular flexibility index (Phi) is 4.53. The number of pyridine rings is 1. The summed E-state index contributed by atoms with van der Waals surface area (Å²) in [6, 6.07) is 7.81. The van der Waals surface area contributed by atoms with Crippen LogP contribution < -0.4 is 5.32 Å². The molecule has 6 nitrogen and oxygen atoms in total. The first-order valence-electron chi connectivity index (χ1n) is 8.75. The Bertz CT molecular complexity index is 1060. The van der Waals surface area contributed by atoms with Crippen LogP contribution in [0, 0.1) is 0 Å². The predicted molar refractivity (Wildman–Crippen MR) is 107 cm³/mol. The summed E-state index contributed by atoms with van der Waals surface area (Å²) >= 11 is 1.37. The molecule has 0 spiro atoms. The number of aromatic nitrogens is 1. The highest BCUT2D eigenvalue weighted by atomic mass is 32.1. The molecule has 0 unspecified atom stereocenters. The van der Waals surface area contributed by atoms with Crippen molar-refractivity contribution in [3.8, 4) is 0 Å². The summed E-state index contributed by atoms with van der Waals surface area (Å²) in [5, 5.41) is 16.8. The number of nitrogens with zero attached hydrogens (tertiary/aromatic N) is 2. The van der Waals surface area contributed by atoms with Gasteiger partial charge in [-0.25, -0.2) is 4.79 Å². The van der Waals surface area contributed by atoms with Crippen LogP contribution in [0.5, 0.6) is 0 Å². The van der Waals surface area contributed by atoms with E-state index in [1.165, 1.54) is 11.3 Å². The van der Waals surface area contributed by atoms with Crippen molar-refractivity contribution in [2.24, 2.45) is 5.16 Å². The van der Waals surface area contributed by atoms with Gasteiger partial charge in [0.15, 0.2) is 0 Å². The number of esters is 1. The number of nitrogens with one attached hydrogen (secondary N) is 1. The lowest BCUT2D eigenvalue weighted by Crippen LogP contribution is -2.11. The molecule has 3 aromatic rings. The molecule has 0 fully saturated rings. The van der Waals surface area contributed by atoms with E-state index < -0.39 is 0 Å². The summed E-state index contributed by atoms with van der Waals surface area (Å²) in [4.78, 5) is 17.3. The molecule has 27 heavy (non-hydrogen) atoms. The molecule has 138 valence electrons. The summed E-state index contributed by atoms with van der Waals surface area (Å²) < 4.78 is 6.34. The molecular formula is C20H19N3O3S. The maximum atomic E-state index is 12.6. The predicted octanol–water partition coefficient (Wildman–Crippen LogP) is 4.73. The number of oxime groups is 1. The van der Waals surface area contributed by atoms with Crippen molar-refractivity contribution in [3.63, 3.8) is 0 Å². The van der Waals surface area contributed by atoms with Crippen LogP contribution in [0.25, 0.3) is 10.1 Å². The zero-order chi connectivity index (χ0) is 19.0. The van der Waals surface area contributed by atoms with Crippen LogP contribution in [0.15, 0.2) is 41.8 Å². The minimum absolute atomic E-state index is 0.190. The lowest BCUT2D eigenvalue weighted by molar-refractivity contribution is 0.0385. The minimum atomic E-state index is -0.343. The number of thiophene rings is 1. The topological polar surface area (TPSA) is 83.8 Å². The summed E-state index contributed by atoms with van der Waals surface area (Å²) in [5.41, 5.74) is 4.42. The maximum absolute atomic E-state index is 12.6. The number of ether oxygens (including phenoxy) is 1. The van der Waals surface area contributed by atoms with E-state index in [0.29, 0.717) is 10.6 Å². The van der Waals surface area contributed by atoms with Gasteiger partial charge in [0.1, 0.15) is 4.88 Å². The number of carbonyl (C=O) groups excluding carboxylic acids is 1. The summed E-state index contributed by atoms with van der Waals surface area (Å²) in [7, 11) is 0.